The Morgan fingerprint density at radius 2 is 2.22 bits per heavy atom. The Morgan fingerprint density at radius 3 is 2.83 bits per heavy atom. The Labute approximate surface area is 112 Å². The van der Waals surface area contributed by atoms with Gasteiger partial charge in [-0.3, -0.25) is 4.79 Å². The number of benzene rings is 1. The van der Waals surface area contributed by atoms with Crippen molar-refractivity contribution in [2.24, 2.45) is 0 Å². The first kappa shape index (κ1) is 14.8. The molecule has 0 unspecified atom stereocenters. The fourth-order valence-electron chi connectivity index (χ4n) is 1.56. The van der Waals surface area contributed by atoms with Crippen LogP contribution < -0.4 is 4.90 Å². The summed E-state index contributed by atoms with van der Waals surface area (Å²) in [7, 11) is 0. The first-order valence-corrected chi connectivity index (χ1v) is 6.31. The van der Waals surface area contributed by atoms with Crippen molar-refractivity contribution in [3.05, 3.63) is 29.3 Å². The summed E-state index contributed by atoms with van der Waals surface area (Å²) >= 11 is 5.90. The highest BCUT2D eigenvalue weighted by Gasteiger charge is 2.10. The molecule has 100 valence electrons. The molecule has 1 rings (SSSR count). The molecule has 0 fully saturated rings. The van der Waals surface area contributed by atoms with E-state index in [2.05, 4.69) is 0 Å². The lowest BCUT2D eigenvalue weighted by Crippen LogP contribution is -2.32. The van der Waals surface area contributed by atoms with Gasteiger partial charge in [-0.2, -0.15) is 0 Å². The molecule has 5 heteroatoms. The van der Waals surface area contributed by atoms with Gasteiger partial charge in [0.25, 0.3) is 0 Å². The summed E-state index contributed by atoms with van der Waals surface area (Å²) in [5.41, 5.74) is 0.796. The molecule has 0 heterocycles. The lowest BCUT2D eigenvalue weighted by atomic mass is 10.3. The Bertz CT molecular complexity index is 384. The topological polar surface area (TPSA) is 49.8 Å². The van der Waals surface area contributed by atoms with E-state index in [0.717, 1.165) is 12.1 Å². The second-order valence-electron chi connectivity index (χ2n) is 3.91. The van der Waals surface area contributed by atoms with Crippen molar-refractivity contribution in [2.45, 2.75) is 13.3 Å². The number of halogens is 1. The highest BCUT2D eigenvalue weighted by atomic mass is 35.5. The molecule has 0 aliphatic heterocycles. The summed E-state index contributed by atoms with van der Waals surface area (Å²) in [4.78, 5) is 12.6. The molecule has 0 saturated carbocycles. The second kappa shape index (κ2) is 7.95. The summed E-state index contributed by atoms with van der Waals surface area (Å²) < 4.78 is 5.38. The number of rotatable bonds is 8. The second-order valence-corrected chi connectivity index (χ2v) is 4.34. The molecule has 1 aromatic rings. The van der Waals surface area contributed by atoms with E-state index in [0.29, 0.717) is 24.8 Å². The number of anilines is 1. The van der Waals surface area contributed by atoms with Gasteiger partial charge in [0.15, 0.2) is 0 Å². The Hall–Kier alpha value is -1.26. The van der Waals surface area contributed by atoms with Crippen LogP contribution in [-0.4, -0.2) is 37.4 Å². The standard InChI is InChI=1S/C13H18ClNO3/c1-2-7-18-8-6-15(10-13(16)17)12-5-3-4-11(14)9-12/h3-5,9H,2,6-8,10H2,1H3,(H,16,17). The quantitative estimate of drug-likeness (QED) is 0.739. The zero-order chi connectivity index (χ0) is 13.4. The number of ether oxygens (including phenoxy) is 1. The Kier molecular flexibility index (Phi) is 6.54. The first-order valence-electron chi connectivity index (χ1n) is 5.93. The molecule has 18 heavy (non-hydrogen) atoms. The lowest BCUT2D eigenvalue weighted by Gasteiger charge is -2.22. The van der Waals surface area contributed by atoms with Crippen LogP contribution in [0.5, 0.6) is 0 Å². The van der Waals surface area contributed by atoms with Crippen LogP contribution in [-0.2, 0) is 9.53 Å². The molecule has 0 aliphatic carbocycles. The minimum Gasteiger partial charge on any atom is -0.480 e. The Morgan fingerprint density at radius 1 is 1.44 bits per heavy atom. The van der Waals surface area contributed by atoms with E-state index in [1.807, 2.05) is 13.0 Å². The van der Waals surface area contributed by atoms with Crippen molar-refractivity contribution in [2.75, 3.05) is 31.2 Å². The van der Waals surface area contributed by atoms with Gasteiger partial charge < -0.3 is 14.7 Å². The van der Waals surface area contributed by atoms with Gasteiger partial charge in [-0.25, -0.2) is 0 Å². The minimum atomic E-state index is -0.870. The van der Waals surface area contributed by atoms with Crippen LogP contribution in [0.15, 0.2) is 24.3 Å². The maximum Gasteiger partial charge on any atom is 0.323 e. The van der Waals surface area contributed by atoms with Crippen LogP contribution in [0.4, 0.5) is 5.69 Å². The summed E-state index contributed by atoms with van der Waals surface area (Å²) in [5.74, 6) is -0.870. The maximum atomic E-state index is 10.8. The predicted octanol–water partition coefficient (Wildman–Crippen LogP) is 2.66. The van der Waals surface area contributed by atoms with Crippen molar-refractivity contribution in [3.63, 3.8) is 0 Å². The van der Waals surface area contributed by atoms with Crippen LogP contribution >= 0.6 is 11.6 Å². The number of nitrogens with zero attached hydrogens (tertiary/aromatic N) is 1. The van der Waals surface area contributed by atoms with Crippen LogP contribution in [0, 0.1) is 0 Å². The zero-order valence-electron chi connectivity index (χ0n) is 10.4. The van der Waals surface area contributed by atoms with Gasteiger partial charge in [0, 0.05) is 23.9 Å². The molecule has 0 spiro atoms. The van der Waals surface area contributed by atoms with Crippen LogP contribution in [0.3, 0.4) is 0 Å². The van der Waals surface area contributed by atoms with E-state index in [-0.39, 0.29) is 6.54 Å². The van der Waals surface area contributed by atoms with E-state index in [4.69, 9.17) is 21.4 Å². The van der Waals surface area contributed by atoms with Crippen molar-refractivity contribution in [3.8, 4) is 0 Å². The smallest absolute Gasteiger partial charge is 0.323 e. The van der Waals surface area contributed by atoms with Gasteiger partial charge in [-0.15, -0.1) is 0 Å². The molecule has 1 aromatic carbocycles. The van der Waals surface area contributed by atoms with Gasteiger partial charge >= 0.3 is 5.97 Å². The normalized spacial score (nSPS) is 10.3. The van der Waals surface area contributed by atoms with Gasteiger partial charge in [-0.05, 0) is 24.6 Å². The lowest BCUT2D eigenvalue weighted by molar-refractivity contribution is -0.135. The fraction of sp³-hybridized carbons (Fsp3) is 0.462. The van der Waals surface area contributed by atoms with E-state index in [1.54, 1.807) is 23.1 Å². The van der Waals surface area contributed by atoms with E-state index >= 15 is 0 Å². The molecule has 0 aromatic heterocycles. The highest BCUT2D eigenvalue weighted by molar-refractivity contribution is 6.30. The molecule has 1 N–H and O–H groups in total. The molecule has 4 nitrogen and oxygen atoms in total. The van der Waals surface area contributed by atoms with Crippen molar-refractivity contribution in [1.29, 1.82) is 0 Å². The fourth-order valence-corrected chi connectivity index (χ4v) is 1.74. The maximum absolute atomic E-state index is 10.8. The zero-order valence-corrected chi connectivity index (χ0v) is 11.2. The third-order valence-corrected chi connectivity index (χ3v) is 2.59. The third kappa shape index (κ3) is 5.38. The van der Waals surface area contributed by atoms with E-state index in [9.17, 15) is 4.79 Å². The third-order valence-electron chi connectivity index (χ3n) is 2.35. The van der Waals surface area contributed by atoms with Crippen molar-refractivity contribution < 1.29 is 14.6 Å². The molecule has 0 radical (unpaired) electrons. The minimum absolute atomic E-state index is 0.0597. The average Bonchev–Trinajstić information content (AvgIpc) is 2.32. The summed E-state index contributed by atoms with van der Waals surface area (Å²) in [6.45, 7) is 3.71. The summed E-state index contributed by atoms with van der Waals surface area (Å²) in [6, 6.07) is 7.16. The van der Waals surface area contributed by atoms with Crippen molar-refractivity contribution in [1.82, 2.24) is 0 Å². The van der Waals surface area contributed by atoms with Gasteiger partial charge in [0.1, 0.15) is 6.54 Å². The largest absolute Gasteiger partial charge is 0.480 e. The highest BCUT2D eigenvalue weighted by Crippen LogP contribution is 2.19. The molecular weight excluding hydrogens is 254 g/mol. The van der Waals surface area contributed by atoms with Gasteiger partial charge in [0.05, 0.1) is 6.61 Å². The van der Waals surface area contributed by atoms with Crippen LogP contribution in [0.2, 0.25) is 5.02 Å². The molecule has 0 atom stereocenters. The Balaban J connectivity index is 2.62. The van der Waals surface area contributed by atoms with Crippen LogP contribution in [0.25, 0.3) is 0 Å². The number of hydrogen-bond acceptors (Lipinski definition) is 3. The number of carbonyl (C=O) groups is 1. The van der Waals surface area contributed by atoms with Gasteiger partial charge in [0.2, 0.25) is 0 Å². The molecule has 0 amide bonds. The average molecular weight is 272 g/mol. The van der Waals surface area contributed by atoms with E-state index < -0.39 is 5.97 Å². The van der Waals surface area contributed by atoms with Crippen LogP contribution in [0.1, 0.15) is 13.3 Å². The number of carboxylic acids is 1. The summed E-state index contributed by atoms with van der Waals surface area (Å²) in [6.07, 6.45) is 0.954. The molecule has 0 bridgehead atoms. The number of aliphatic carboxylic acids is 1. The first-order chi connectivity index (χ1) is 8.63. The predicted molar refractivity (Wildman–Crippen MR) is 72.4 cm³/mol. The summed E-state index contributed by atoms with van der Waals surface area (Å²) in [5, 5.41) is 9.50. The number of hydrogen-bond donors (Lipinski definition) is 1. The SMILES string of the molecule is CCCOCCN(CC(=O)O)c1cccc(Cl)c1. The number of carboxylic acid groups (broad SMARTS) is 1. The van der Waals surface area contributed by atoms with Gasteiger partial charge in [-0.1, -0.05) is 24.6 Å². The van der Waals surface area contributed by atoms with E-state index in [1.165, 1.54) is 0 Å². The monoisotopic (exact) mass is 271 g/mol. The van der Waals surface area contributed by atoms with Crippen molar-refractivity contribution >= 4 is 23.3 Å². The molecule has 0 aliphatic rings. The molecular formula is C13H18ClNO3. The molecule has 0 saturated heterocycles.